The number of rotatable bonds is 5. The molecule has 0 unspecified atom stereocenters. The molecule has 0 heterocycles. The average molecular weight is 234 g/mol. The Bertz CT molecular complexity index is 428. The Balaban J connectivity index is 2.60. The van der Waals surface area contributed by atoms with Gasteiger partial charge in [-0.05, 0) is 11.6 Å². The molecule has 1 N–H and O–H groups in total. The number of benzene rings is 1. The minimum absolute atomic E-state index is 0.163. The van der Waals surface area contributed by atoms with Crippen molar-refractivity contribution in [3.8, 4) is 0 Å². The fraction of sp³-hybridized carbons (Fsp3) is 0.167. The lowest BCUT2D eigenvalue weighted by atomic mass is 10.1. The van der Waals surface area contributed by atoms with Crippen molar-refractivity contribution in [3.05, 3.63) is 42.5 Å². The van der Waals surface area contributed by atoms with Gasteiger partial charge in [0.1, 0.15) is 6.09 Å². The topological polar surface area (TPSA) is 78.5 Å². The van der Waals surface area contributed by atoms with Crippen LogP contribution in [0.3, 0.4) is 0 Å². The van der Waals surface area contributed by atoms with Crippen LogP contribution in [-0.4, -0.2) is 18.7 Å². The molecule has 0 aliphatic rings. The molecule has 0 spiro atoms. The van der Waals surface area contributed by atoms with Crippen molar-refractivity contribution >= 4 is 17.7 Å². The number of carbonyl (C=O) groups excluding carboxylic acids is 2. The van der Waals surface area contributed by atoms with Gasteiger partial charge in [-0.1, -0.05) is 24.8 Å². The molecule has 0 aliphatic heterocycles. The third-order valence-corrected chi connectivity index (χ3v) is 2.04. The lowest BCUT2D eigenvalue weighted by molar-refractivity contribution is -0.242. The molecule has 0 aromatic heterocycles. The van der Waals surface area contributed by atoms with Crippen molar-refractivity contribution in [1.29, 1.82) is 0 Å². The summed E-state index contributed by atoms with van der Waals surface area (Å²) in [5.74, 6) is -0.504. The van der Waals surface area contributed by atoms with E-state index in [9.17, 15) is 14.7 Å². The molecule has 17 heavy (non-hydrogen) atoms. The summed E-state index contributed by atoms with van der Waals surface area (Å²) < 4.78 is 4.81. The number of anilines is 1. The highest BCUT2D eigenvalue weighted by Crippen LogP contribution is 2.15. The van der Waals surface area contributed by atoms with E-state index >= 15 is 0 Å². The second-order valence-corrected chi connectivity index (χ2v) is 3.19. The standard InChI is InChI=1S/C12H13NO4/c1-2-11(14)17-8-7-9-5-3-4-6-10(9)13-12(15)16/h2-6,13H,1,7-8H2,(H,15,16)/p-1. The Morgan fingerprint density at radius 3 is 2.76 bits per heavy atom. The summed E-state index contributed by atoms with van der Waals surface area (Å²) in [4.78, 5) is 21.2. The molecule has 0 radical (unpaired) electrons. The number of hydrogen-bond acceptors (Lipinski definition) is 4. The summed E-state index contributed by atoms with van der Waals surface area (Å²) in [6.45, 7) is 3.43. The van der Waals surface area contributed by atoms with Gasteiger partial charge in [0.15, 0.2) is 0 Å². The molecular weight excluding hydrogens is 222 g/mol. The number of ether oxygens (including phenoxy) is 1. The van der Waals surface area contributed by atoms with Crippen molar-refractivity contribution < 1.29 is 19.4 Å². The zero-order chi connectivity index (χ0) is 12.7. The molecule has 90 valence electrons. The Morgan fingerprint density at radius 1 is 1.41 bits per heavy atom. The summed E-state index contributed by atoms with van der Waals surface area (Å²) >= 11 is 0. The van der Waals surface area contributed by atoms with E-state index in [1.807, 2.05) is 0 Å². The smallest absolute Gasteiger partial charge is 0.330 e. The molecule has 0 aliphatic carbocycles. The summed E-state index contributed by atoms with van der Waals surface area (Å²) in [6, 6.07) is 6.82. The minimum atomic E-state index is -1.37. The maximum Gasteiger partial charge on any atom is 0.330 e. The van der Waals surface area contributed by atoms with Crippen LogP contribution in [0.15, 0.2) is 36.9 Å². The molecule has 1 aromatic rings. The molecule has 5 heteroatoms. The van der Waals surface area contributed by atoms with E-state index in [0.717, 1.165) is 11.6 Å². The predicted octanol–water partition coefficient (Wildman–Crippen LogP) is 0.713. The number of para-hydroxylation sites is 1. The molecular formula is C12H12NO4-. The first-order chi connectivity index (χ1) is 8.13. The van der Waals surface area contributed by atoms with Gasteiger partial charge in [-0.2, -0.15) is 0 Å². The fourth-order valence-electron chi connectivity index (χ4n) is 1.29. The summed E-state index contributed by atoms with van der Waals surface area (Å²) in [7, 11) is 0. The van der Waals surface area contributed by atoms with Gasteiger partial charge < -0.3 is 20.0 Å². The van der Waals surface area contributed by atoms with Crippen molar-refractivity contribution in [2.75, 3.05) is 11.9 Å². The highest BCUT2D eigenvalue weighted by Gasteiger charge is 2.02. The maximum atomic E-state index is 10.8. The van der Waals surface area contributed by atoms with E-state index in [0.29, 0.717) is 12.1 Å². The third kappa shape index (κ3) is 4.38. The van der Waals surface area contributed by atoms with Gasteiger partial charge in [0, 0.05) is 18.2 Å². The van der Waals surface area contributed by atoms with Gasteiger partial charge in [0.2, 0.25) is 0 Å². The number of nitrogens with one attached hydrogen (secondary N) is 1. The van der Waals surface area contributed by atoms with Crippen LogP contribution >= 0.6 is 0 Å². The van der Waals surface area contributed by atoms with Crippen LogP contribution in [0.5, 0.6) is 0 Å². The first kappa shape index (κ1) is 12.8. The first-order valence-corrected chi connectivity index (χ1v) is 4.98. The lowest BCUT2D eigenvalue weighted by Gasteiger charge is -2.12. The van der Waals surface area contributed by atoms with Gasteiger partial charge in [0.25, 0.3) is 0 Å². The van der Waals surface area contributed by atoms with Gasteiger partial charge >= 0.3 is 5.97 Å². The van der Waals surface area contributed by atoms with Gasteiger partial charge in [-0.15, -0.1) is 0 Å². The Hall–Kier alpha value is -2.30. The van der Waals surface area contributed by atoms with E-state index in [4.69, 9.17) is 4.74 Å². The zero-order valence-corrected chi connectivity index (χ0v) is 9.14. The molecule has 0 saturated carbocycles. The SMILES string of the molecule is C=CC(=O)OCCc1ccccc1NC(=O)[O-]. The van der Waals surface area contributed by atoms with Crippen LogP contribution in [0.25, 0.3) is 0 Å². The highest BCUT2D eigenvalue weighted by molar-refractivity contribution is 5.82. The molecule has 0 saturated heterocycles. The molecule has 0 atom stereocenters. The van der Waals surface area contributed by atoms with E-state index in [-0.39, 0.29) is 6.61 Å². The van der Waals surface area contributed by atoms with Crippen LogP contribution in [0.1, 0.15) is 5.56 Å². The monoisotopic (exact) mass is 234 g/mol. The third-order valence-electron chi connectivity index (χ3n) is 2.04. The minimum Gasteiger partial charge on any atom is -0.530 e. The lowest BCUT2D eigenvalue weighted by Crippen LogP contribution is -2.29. The fourth-order valence-corrected chi connectivity index (χ4v) is 1.29. The van der Waals surface area contributed by atoms with Crippen LogP contribution in [0.4, 0.5) is 10.5 Å². The molecule has 1 amide bonds. The first-order valence-electron chi connectivity index (χ1n) is 4.98. The van der Waals surface area contributed by atoms with E-state index in [2.05, 4.69) is 11.9 Å². The summed E-state index contributed by atoms with van der Waals surface area (Å²) in [6.07, 6.45) is 0.113. The average Bonchev–Trinajstić information content (AvgIpc) is 2.30. The summed E-state index contributed by atoms with van der Waals surface area (Å²) in [5.41, 5.74) is 1.16. The van der Waals surface area contributed by atoms with E-state index in [1.54, 1.807) is 24.3 Å². The molecule has 0 fully saturated rings. The molecule has 5 nitrogen and oxygen atoms in total. The maximum absolute atomic E-state index is 10.8. The van der Waals surface area contributed by atoms with Gasteiger partial charge in [0.05, 0.1) is 6.61 Å². The largest absolute Gasteiger partial charge is 0.530 e. The second kappa shape index (κ2) is 6.32. The number of carbonyl (C=O) groups is 2. The van der Waals surface area contributed by atoms with Crippen LogP contribution in [-0.2, 0) is 16.0 Å². The molecule has 1 aromatic carbocycles. The summed E-state index contributed by atoms with van der Waals surface area (Å²) in [5, 5.41) is 12.6. The van der Waals surface area contributed by atoms with E-state index < -0.39 is 12.1 Å². The number of carboxylic acid groups (broad SMARTS) is 1. The normalized spacial score (nSPS) is 9.41. The van der Waals surface area contributed by atoms with Crippen molar-refractivity contribution in [2.45, 2.75) is 6.42 Å². The number of hydrogen-bond donors (Lipinski definition) is 1. The quantitative estimate of drug-likeness (QED) is 0.601. The van der Waals surface area contributed by atoms with Crippen molar-refractivity contribution in [1.82, 2.24) is 0 Å². The second-order valence-electron chi connectivity index (χ2n) is 3.19. The van der Waals surface area contributed by atoms with E-state index in [1.165, 1.54) is 0 Å². The Labute approximate surface area is 98.7 Å². The van der Waals surface area contributed by atoms with Crippen LogP contribution < -0.4 is 10.4 Å². The van der Waals surface area contributed by atoms with Crippen LogP contribution in [0, 0.1) is 0 Å². The van der Waals surface area contributed by atoms with Crippen molar-refractivity contribution in [2.24, 2.45) is 0 Å². The van der Waals surface area contributed by atoms with Gasteiger partial charge in [-0.25, -0.2) is 4.79 Å². The Morgan fingerprint density at radius 2 is 2.12 bits per heavy atom. The predicted molar refractivity (Wildman–Crippen MR) is 60.3 cm³/mol. The molecule has 1 rings (SSSR count). The Kier molecular flexibility index (Phi) is 4.75. The van der Waals surface area contributed by atoms with Crippen LogP contribution in [0.2, 0.25) is 0 Å². The zero-order valence-electron chi connectivity index (χ0n) is 9.14. The van der Waals surface area contributed by atoms with Crippen molar-refractivity contribution in [3.63, 3.8) is 0 Å². The molecule has 0 bridgehead atoms. The highest BCUT2D eigenvalue weighted by atomic mass is 16.5. The van der Waals surface area contributed by atoms with Gasteiger partial charge in [-0.3, -0.25) is 0 Å². The number of amides is 1. The number of esters is 1.